The topological polar surface area (TPSA) is 47.4 Å². The minimum atomic E-state index is 0.198. The summed E-state index contributed by atoms with van der Waals surface area (Å²) in [4.78, 5) is 14.6. The maximum Gasteiger partial charge on any atom is 0.227 e. The number of likely N-dealkylation sites (tertiary alicyclic amines) is 1. The van der Waals surface area contributed by atoms with Crippen molar-refractivity contribution in [3.63, 3.8) is 0 Å². The van der Waals surface area contributed by atoms with Crippen molar-refractivity contribution in [3.05, 3.63) is 47.8 Å². The van der Waals surface area contributed by atoms with Crippen LogP contribution in [0.1, 0.15) is 29.9 Å². The third-order valence-electron chi connectivity index (χ3n) is 4.48. The van der Waals surface area contributed by atoms with Gasteiger partial charge in [0.2, 0.25) is 5.91 Å². The van der Waals surface area contributed by atoms with E-state index in [0.717, 1.165) is 37.2 Å². The first-order valence-corrected chi connectivity index (χ1v) is 8.05. The summed E-state index contributed by atoms with van der Waals surface area (Å²) in [5.74, 6) is 1.41. The molecule has 5 nitrogen and oxygen atoms in total. The first-order valence-electron chi connectivity index (χ1n) is 8.05. The van der Waals surface area contributed by atoms with Gasteiger partial charge in [-0.3, -0.25) is 9.48 Å². The maximum atomic E-state index is 12.6. The van der Waals surface area contributed by atoms with Crippen LogP contribution in [0.3, 0.4) is 0 Å². The number of carbonyl (C=O) groups excluding carboxylic acids is 1. The number of rotatable bonds is 4. The average molecular weight is 313 g/mol. The predicted molar refractivity (Wildman–Crippen MR) is 88.5 cm³/mol. The van der Waals surface area contributed by atoms with Gasteiger partial charge in [-0.15, -0.1) is 0 Å². The fraction of sp³-hybridized carbons (Fsp3) is 0.444. The number of piperidine rings is 1. The van der Waals surface area contributed by atoms with Gasteiger partial charge in [-0.25, -0.2) is 0 Å². The van der Waals surface area contributed by atoms with Gasteiger partial charge >= 0.3 is 0 Å². The van der Waals surface area contributed by atoms with E-state index in [4.69, 9.17) is 4.74 Å². The van der Waals surface area contributed by atoms with Crippen LogP contribution in [0.25, 0.3) is 0 Å². The van der Waals surface area contributed by atoms with Gasteiger partial charge in [0.1, 0.15) is 5.75 Å². The van der Waals surface area contributed by atoms with Gasteiger partial charge in [0.25, 0.3) is 0 Å². The van der Waals surface area contributed by atoms with Gasteiger partial charge in [-0.1, -0.05) is 12.1 Å². The van der Waals surface area contributed by atoms with E-state index in [-0.39, 0.29) is 5.91 Å². The lowest BCUT2D eigenvalue weighted by Crippen LogP contribution is -2.39. The van der Waals surface area contributed by atoms with Gasteiger partial charge < -0.3 is 9.64 Å². The van der Waals surface area contributed by atoms with Gasteiger partial charge in [0.15, 0.2) is 0 Å². The third kappa shape index (κ3) is 3.73. The van der Waals surface area contributed by atoms with Crippen molar-refractivity contribution in [1.29, 1.82) is 0 Å². The molecule has 2 aromatic rings. The summed E-state index contributed by atoms with van der Waals surface area (Å²) in [7, 11) is 3.57. The van der Waals surface area contributed by atoms with Crippen molar-refractivity contribution in [1.82, 2.24) is 14.7 Å². The van der Waals surface area contributed by atoms with E-state index in [1.54, 1.807) is 7.11 Å². The zero-order chi connectivity index (χ0) is 16.2. The quantitative estimate of drug-likeness (QED) is 0.870. The monoisotopic (exact) mass is 313 g/mol. The largest absolute Gasteiger partial charge is 0.497 e. The Kier molecular flexibility index (Phi) is 4.65. The van der Waals surface area contributed by atoms with Crippen LogP contribution in [0.4, 0.5) is 0 Å². The summed E-state index contributed by atoms with van der Waals surface area (Å²) < 4.78 is 6.98. The maximum absolute atomic E-state index is 12.6. The molecular weight excluding hydrogens is 290 g/mol. The number of methoxy groups -OCH3 is 1. The highest BCUT2D eigenvalue weighted by Gasteiger charge is 2.25. The molecule has 5 heteroatoms. The molecule has 0 spiro atoms. The zero-order valence-corrected chi connectivity index (χ0v) is 13.7. The molecule has 0 saturated carbocycles. The molecule has 0 aliphatic carbocycles. The Morgan fingerprint density at radius 3 is 2.78 bits per heavy atom. The number of hydrogen-bond donors (Lipinski definition) is 0. The van der Waals surface area contributed by atoms with Crippen LogP contribution in [-0.2, 0) is 18.3 Å². The van der Waals surface area contributed by atoms with E-state index in [1.165, 1.54) is 5.56 Å². The molecule has 1 saturated heterocycles. The highest BCUT2D eigenvalue weighted by Crippen LogP contribution is 2.27. The number of aryl methyl sites for hydroxylation is 1. The van der Waals surface area contributed by atoms with E-state index >= 15 is 0 Å². The van der Waals surface area contributed by atoms with Crippen LogP contribution in [0, 0.1) is 0 Å². The molecule has 0 bridgehead atoms. The van der Waals surface area contributed by atoms with Crippen LogP contribution in [0.5, 0.6) is 5.75 Å². The average Bonchev–Trinajstić information content (AvgIpc) is 3.02. The lowest BCUT2D eigenvalue weighted by Gasteiger charge is -2.32. The number of hydrogen-bond acceptors (Lipinski definition) is 3. The van der Waals surface area contributed by atoms with Crippen molar-refractivity contribution in [3.8, 4) is 5.75 Å². The Bertz CT molecular complexity index is 663. The standard InChI is InChI=1S/C18H23N3O2/c1-20-12-16(11-19-20)15-4-3-9-21(13-15)18(22)10-14-5-7-17(23-2)8-6-14/h5-8,11-12,15H,3-4,9-10,13H2,1-2H3. The van der Waals surface area contributed by atoms with E-state index in [0.29, 0.717) is 12.3 Å². The first kappa shape index (κ1) is 15.6. The Hall–Kier alpha value is -2.30. The van der Waals surface area contributed by atoms with Crippen molar-refractivity contribution in [2.45, 2.75) is 25.2 Å². The molecule has 1 fully saturated rings. The molecule has 1 aromatic carbocycles. The summed E-state index contributed by atoms with van der Waals surface area (Å²) in [6.45, 7) is 1.65. The second kappa shape index (κ2) is 6.86. The highest BCUT2D eigenvalue weighted by molar-refractivity contribution is 5.79. The molecule has 3 rings (SSSR count). The summed E-state index contributed by atoms with van der Waals surface area (Å²) in [6, 6.07) is 7.72. The van der Waals surface area contributed by atoms with Gasteiger partial charge in [-0.05, 0) is 36.1 Å². The molecule has 1 amide bonds. The molecule has 122 valence electrons. The molecule has 0 N–H and O–H groups in total. The number of ether oxygens (including phenoxy) is 1. The number of benzene rings is 1. The van der Waals surface area contributed by atoms with E-state index in [2.05, 4.69) is 11.3 Å². The molecular formula is C18H23N3O2. The van der Waals surface area contributed by atoms with E-state index < -0.39 is 0 Å². The lowest BCUT2D eigenvalue weighted by atomic mass is 9.92. The Balaban J connectivity index is 1.62. The van der Waals surface area contributed by atoms with E-state index in [1.807, 2.05) is 47.1 Å². The number of carbonyl (C=O) groups is 1. The lowest BCUT2D eigenvalue weighted by molar-refractivity contribution is -0.131. The first-order chi connectivity index (χ1) is 11.2. The summed E-state index contributed by atoms with van der Waals surface area (Å²) >= 11 is 0. The molecule has 1 aliphatic heterocycles. The number of amides is 1. The Morgan fingerprint density at radius 1 is 1.35 bits per heavy atom. The Morgan fingerprint density at radius 2 is 2.13 bits per heavy atom. The van der Waals surface area contributed by atoms with Crippen molar-refractivity contribution >= 4 is 5.91 Å². The molecule has 1 aromatic heterocycles. The van der Waals surface area contributed by atoms with Crippen molar-refractivity contribution < 1.29 is 9.53 Å². The second-order valence-corrected chi connectivity index (χ2v) is 6.15. The minimum absolute atomic E-state index is 0.198. The third-order valence-corrected chi connectivity index (χ3v) is 4.48. The number of nitrogens with zero attached hydrogens (tertiary/aromatic N) is 3. The Labute approximate surface area is 136 Å². The molecule has 23 heavy (non-hydrogen) atoms. The number of aromatic nitrogens is 2. The summed E-state index contributed by atoms with van der Waals surface area (Å²) in [5, 5.41) is 4.25. The molecule has 2 heterocycles. The predicted octanol–water partition coefficient (Wildman–Crippen LogP) is 2.38. The highest BCUT2D eigenvalue weighted by atomic mass is 16.5. The van der Waals surface area contributed by atoms with Crippen LogP contribution < -0.4 is 4.74 Å². The molecule has 0 radical (unpaired) electrons. The summed E-state index contributed by atoms with van der Waals surface area (Å²) in [6.07, 6.45) is 6.60. The molecule has 1 unspecified atom stereocenters. The molecule has 1 aliphatic rings. The SMILES string of the molecule is COc1ccc(CC(=O)N2CCCC(c3cnn(C)c3)C2)cc1. The second-order valence-electron chi connectivity index (χ2n) is 6.15. The van der Waals surface area contributed by atoms with Gasteiger partial charge in [-0.2, -0.15) is 5.10 Å². The van der Waals surface area contributed by atoms with Crippen LogP contribution in [-0.4, -0.2) is 40.8 Å². The smallest absolute Gasteiger partial charge is 0.227 e. The van der Waals surface area contributed by atoms with Gasteiger partial charge in [0, 0.05) is 32.3 Å². The van der Waals surface area contributed by atoms with Gasteiger partial charge in [0.05, 0.1) is 19.7 Å². The van der Waals surface area contributed by atoms with Crippen LogP contribution in [0.2, 0.25) is 0 Å². The van der Waals surface area contributed by atoms with Crippen LogP contribution >= 0.6 is 0 Å². The van der Waals surface area contributed by atoms with E-state index in [9.17, 15) is 4.79 Å². The normalized spacial score (nSPS) is 18.0. The fourth-order valence-corrected chi connectivity index (χ4v) is 3.16. The van der Waals surface area contributed by atoms with Crippen molar-refractivity contribution in [2.75, 3.05) is 20.2 Å². The van der Waals surface area contributed by atoms with Crippen LogP contribution in [0.15, 0.2) is 36.7 Å². The summed E-state index contributed by atoms with van der Waals surface area (Å²) in [5.41, 5.74) is 2.26. The van der Waals surface area contributed by atoms with Crippen molar-refractivity contribution in [2.24, 2.45) is 7.05 Å². The fourth-order valence-electron chi connectivity index (χ4n) is 3.16. The molecule has 1 atom stereocenters. The zero-order valence-electron chi connectivity index (χ0n) is 13.7. The minimum Gasteiger partial charge on any atom is -0.497 e.